The minimum absolute atomic E-state index is 0.696. The molecule has 0 aliphatic rings. The SMILES string of the molecule is c1ccc(-c2nc(-c3ccc(-c4ccc(-c5c6ccccc6cc6c5ccc5ccccc56)cc4)cc3)cc(-c3ccccc3-c3ccncc3)n2)cc1. The van der Waals surface area contributed by atoms with Gasteiger partial charge < -0.3 is 0 Å². The van der Waals surface area contributed by atoms with Crippen molar-refractivity contribution in [3.05, 3.63) is 200 Å². The standard InChI is InChI=1S/C51H33N3/c1-2-11-40(12-3-1)51-53-48(33-49(54-51)45-17-9-8-14-42(45)37-28-30-52-31-29-37)38-22-18-34(19-23-38)35-20-24-39(25-21-35)50-44-16-7-5-13-41(44)32-47-43-15-6-4-10-36(43)26-27-46(47)50/h1-33H. The zero-order valence-electron chi connectivity index (χ0n) is 29.4. The molecule has 3 nitrogen and oxygen atoms in total. The van der Waals surface area contributed by atoms with Crippen LogP contribution >= 0.6 is 0 Å². The largest absolute Gasteiger partial charge is 0.265 e. The second kappa shape index (κ2) is 13.4. The predicted molar refractivity (Wildman–Crippen MR) is 225 cm³/mol. The lowest BCUT2D eigenvalue weighted by Gasteiger charge is -2.15. The molecule has 0 saturated carbocycles. The number of aromatic nitrogens is 3. The quantitative estimate of drug-likeness (QED) is 0.129. The van der Waals surface area contributed by atoms with E-state index in [-0.39, 0.29) is 0 Å². The van der Waals surface area contributed by atoms with Crippen LogP contribution in [0.3, 0.4) is 0 Å². The van der Waals surface area contributed by atoms with Crippen LogP contribution in [0.15, 0.2) is 200 Å². The minimum atomic E-state index is 0.696. The molecule has 2 heterocycles. The fourth-order valence-electron chi connectivity index (χ4n) is 7.73. The molecule has 0 radical (unpaired) electrons. The average Bonchev–Trinajstić information content (AvgIpc) is 3.26. The Bertz CT molecular complexity index is 2950. The van der Waals surface area contributed by atoms with Gasteiger partial charge in [-0.2, -0.15) is 0 Å². The van der Waals surface area contributed by atoms with Gasteiger partial charge in [0.15, 0.2) is 5.82 Å². The van der Waals surface area contributed by atoms with Crippen molar-refractivity contribution < 1.29 is 0 Å². The lowest BCUT2D eigenvalue weighted by molar-refractivity contribution is 1.18. The summed E-state index contributed by atoms with van der Waals surface area (Å²) in [6.07, 6.45) is 3.66. The Morgan fingerprint density at radius 3 is 1.65 bits per heavy atom. The maximum atomic E-state index is 5.11. The van der Waals surface area contributed by atoms with Crippen molar-refractivity contribution in [2.45, 2.75) is 0 Å². The second-order valence-corrected chi connectivity index (χ2v) is 13.6. The minimum Gasteiger partial charge on any atom is -0.265 e. The maximum absolute atomic E-state index is 5.11. The number of fused-ring (bicyclic) bond motifs is 4. The molecule has 10 aromatic rings. The van der Waals surface area contributed by atoms with Crippen LogP contribution in [0, 0.1) is 0 Å². The number of hydrogen-bond donors (Lipinski definition) is 0. The summed E-state index contributed by atoms with van der Waals surface area (Å²) >= 11 is 0. The molecular formula is C51H33N3. The summed E-state index contributed by atoms with van der Waals surface area (Å²) in [6.45, 7) is 0. The van der Waals surface area contributed by atoms with E-state index in [0.717, 1.165) is 44.8 Å². The van der Waals surface area contributed by atoms with Gasteiger partial charge in [0.1, 0.15) is 0 Å². The lowest BCUT2D eigenvalue weighted by atomic mass is 9.89. The molecule has 3 heteroatoms. The van der Waals surface area contributed by atoms with Crippen molar-refractivity contribution in [2.75, 3.05) is 0 Å². The molecule has 8 aromatic carbocycles. The van der Waals surface area contributed by atoms with Crippen molar-refractivity contribution in [1.29, 1.82) is 0 Å². The van der Waals surface area contributed by atoms with Gasteiger partial charge in [-0.25, -0.2) is 9.97 Å². The molecule has 10 rings (SSSR count). The van der Waals surface area contributed by atoms with Crippen molar-refractivity contribution in [2.24, 2.45) is 0 Å². The molecule has 0 saturated heterocycles. The van der Waals surface area contributed by atoms with Gasteiger partial charge >= 0.3 is 0 Å². The Labute approximate surface area is 313 Å². The maximum Gasteiger partial charge on any atom is 0.160 e. The van der Waals surface area contributed by atoms with Crippen LogP contribution in [0.5, 0.6) is 0 Å². The predicted octanol–water partition coefficient (Wildman–Crippen LogP) is 13.3. The fraction of sp³-hybridized carbons (Fsp3) is 0. The van der Waals surface area contributed by atoms with Crippen LogP contribution in [0.1, 0.15) is 0 Å². The molecule has 252 valence electrons. The number of rotatable bonds is 6. The Morgan fingerprint density at radius 2 is 0.889 bits per heavy atom. The first-order chi connectivity index (χ1) is 26.8. The molecule has 0 spiro atoms. The third-order valence-corrected chi connectivity index (χ3v) is 10.4. The van der Waals surface area contributed by atoms with Crippen LogP contribution in [0.2, 0.25) is 0 Å². The van der Waals surface area contributed by atoms with E-state index in [1.54, 1.807) is 0 Å². The first-order valence-corrected chi connectivity index (χ1v) is 18.3. The van der Waals surface area contributed by atoms with E-state index in [4.69, 9.17) is 9.97 Å². The van der Waals surface area contributed by atoms with Crippen molar-refractivity contribution in [1.82, 2.24) is 15.0 Å². The van der Waals surface area contributed by atoms with Crippen LogP contribution < -0.4 is 0 Å². The first-order valence-electron chi connectivity index (χ1n) is 18.3. The van der Waals surface area contributed by atoms with Crippen LogP contribution in [-0.2, 0) is 0 Å². The summed E-state index contributed by atoms with van der Waals surface area (Å²) in [4.78, 5) is 14.4. The molecule has 0 fully saturated rings. The van der Waals surface area contributed by atoms with E-state index in [1.807, 2.05) is 42.7 Å². The third kappa shape index (κ3) is 5.69. The highest BCUT2D eigenvalue weighted by molar-refractivity contribution is 6.20. The smallest absolute Gasteiger partial charge is 0.160 e. The Hall–Kier alpha value is -7.23. The van der Waals surface area contributed by atoms with Crippen molar-refractivity contribution >= 4 is 32.3 Å². The molecule has 0 atom stereocenters. The second-order valence-electron chi connectivity index (χ2n) is 13.6. The molecule has 2 aromatic heterocycles. The third-order valence-electron chi connectivity index (χ3n) is 10.4. The van der Waals surface area contributed by atoms with E-state index in [0.29, 0.717) is 5.82 Å². The van der Waals surface area contributed by atoms with Crippen molar-refractivity contribution in [3.8, 4) is 67.3 Å². The number of hydrogen-bond acceptors (Lipinski definition) is 3. The van der Waals surface area contributed by atoms with E-state index in [9.17, 15) is 0 Å². The molecule has 0 aliphatic carbocycles. The van der Waals surface area contributed by atoms with E-state index in [2.05, 4.69) is 163 Å². The summed E-state index contributed by atoms with van der Waals surface area (Å²) in [7, 11) is 0. The van der Waals surface area contributed by atoms with Crippen molar-refractivity contribution in [3.63, 3.8) is 0 Å². The number of pyridine rings is 1. The molecule has 0 unspecified atom stereocenters. The monoisotopic (exact) mass is 687 g/mol. The Morgan fingerprint density at radius 1 is 0.296 bits per heavy atom. The summed E-state index contributed by atoms with van der Waals surface area (Å²) in [6, 6.07) is 66.8. The number of benzene rings is 8. The van der Waals surface area contributed by atoms with Crippen LogP contribution in [0.4, 0.5) is 0 Å². The highest BCUT2D eigenvalue weighted by Gasteiger charge is 2.15. The van der Waals surface area contributed by atoms with Gasteiger partial charge in [0.25, 0.3) is 0 Å². The lowest BCUT2D eigenvalue weighted by Crippen LogP contribution is -1.97. The molecule has 0 bridgehead atoms. The van der Waals surface area contributed by atoms with Crippen LogP contribution in [0.25, 0.3) is 99.6 Å². The Balaban J connectivity index is 1.03. The highest BCUT2D eigenvalue weighted by Crippen LogP contribution is 2.40. The molecule has 0 amide bonds. The van der Waals surface area contributed by atoms with Gasteiger partial charge in [0.2, 0.25) is 0 Å². The molecule has 54 heavy (non-hydrogen) atoms. The van der Waals surface area contributed by atoms with Gasteiger partial charge in [0, 0.05) is 29.1 Å². The molecular weight excluding hydrogens is 655 g/mol. The summed E-state index contributed by atoms with van der Waals surface area (Å²) in [5, 5.41) is 7.61. The van der Waals surface area contributed by atoms with Gasteiger partial charge in [-0.3, -0.25) is 4.98 Å². The highest BCUT2D eigenvalue weighted by atomic mass is 14.9. The summed E-state index contributed by atoms with van der Waals surface area (Å²) in [5.41, 5.74) is 11.8. The van der Waals surface area contributed by atoms with Gasteiger partial charge in [-0.15, -0.1) is 0 Å². The van der Waals surface area contributed by atoms with E-state index in [1.165, 1.54) is 49.0 Å². The summed E-state index contributed by atoms with van der Waals surface area (Å²) < 4.78 is 0. The number of nitrogens with zero attached hydrogens (tertiary/aromatic N) is 3. The zero-order chi connectivity index (χ0) is 35.8. The normalized spacial score (nSPS) is 11.3. The van der Waals surface area contributed by atoms with Crippen LogP contribution in [-0.4, -0.2) is 15.0 Å². The Kier molecular flexibility index (Phi) is 7.81. The fourth-order valence-corrected chi connectivity index (χ4v) is 7.73. The van der Waals surface area contributed by atoms with E-state index >= 15 is 0 Å². The summed E-state index contributed by atoms with van der Waals surface area (Å²) in [5.74, 6) is 0.696. The molecule has 0 N–H and O–H groups in total. The van der Waals surface area contributed by atoms with E-state index < -0.39 is 0 Å². The van der Waals surface area contributed by atoms with Gasteiger partial charge in [-0.1, -0.05) is 164 Å². The van der Waals surface area contributed by atoms with Gasteiger partial charge in [-0.05, 0) is 90.0 Å². The topological polar surface area (TPSA) is 38.7 Å². The molecule has 0 aliphatic heterocycles. The first kappa shape index (κ1) is 31.5. The zero-order valence-corrected chi connectivity index (χ0v) is 29.4. The van der Waals surface area contributed by atoms with Gasteiger partial charge in [0.05, 0.1) is 11.4 Å². The average molecular weight is 688 g/mol.